The molecule has 0 spiro atoms. The van der Waals surface area contributed by atoms with Crippen LogP contribution < -0.4 is 0 Å². The number of hydrogen-bond acceptors (Lipinski definition) is 6. The molecule has 214 valence electrons. The lowest BCUT2D eigenvalue weighted by Crippen LogP contribution is -2.46. The number of aliphatic hydroxyl groups is 1. The number of unbranched alkanes of at least 4 members (excludes halogenated alkanes) is 11. The molecule has 0 aromatic rings. The van der Waals surface area contributed by atoms with Gasteiger partial charge in [0.05, 0.1) is 13.2 Å². The Labute approximate surface area is 223 Å². The van der Waals surface area contributed by atoms with Crippen molar-refractivity contribution in [1.29, 1.82) is 0 Å². The Bertz CT molecular complexity index is 501. The zero-order valence-corrected chi connectivity index (χ0v) is 24.2. The van der Waals surface area contributed by atoms with Crippen molar-refractivity contribution in [3.63, 3.8) is 0 Å². The van der Waals surface area contributed by atoms with Gasteiger partial charge in [0.2, 0.25) is 0 Å². The number of aliphatic hydroxyl groups excluding tert-OH is 1. The van der Waals surface area contributed by atoms with Crippen molar-refractivity contribution < 1.29 is 19.4 Å². The number of nitrogens with zero attached hydrogens (tertiary/aromatic N) is 2. The quantitative estimate of drug-likeness (QED) is 0.110. The topological polar surface area (TPSA) is 62.2 Å². The first kappa shape index (κ1) is 33.3. The maximum absolute atomic E-state index is 12.4. The Morgan fingerprint density at radius 2 is 1.47 bits per heavy atom. The van der Waals surface area contributed by atoms with Crippen LogP contribution in [0, 0.1) is 0 Å². The van der Waals surface area contributed by atoms with Gasteiger partial charge in [-0.1, -0.05) is 90.9 Å². The van der Waals surface area contributed by atoms with Gasteiger partial charge in [-0.05, 0) is 32.7 Å². The first-order valence-electron chi connectivity index (χ1n) is 15.4. The minimum Gasteiger partial charge on any atom is -0.459 e. The molecule has 1 saturated carbocycles. The van der Waals surface area contributed by atoms with Crippen molar-refractivity contribution in [2.45, 2.75) is 135 Å². The number of ether oxygens (including phenoxy) is 2. The van der Waals surface area contributed by atoms with E-state index in [1.165, 1.54) is 77.0 Å². The van der Waals surface area contributed by atoms with E-state index in [1.54, 1.807) is 0 Å². The van der Waals surface area contributed by atoms with E-state index in [1.807, 2.05) is 0 Å². The van der Waals surface area contributed by atoms with Crippen LogP contribution >= 0.6 is 0 Å². The van der Waals surface area contributed by atoms with E-state index in [0.717, 1.165) is 51.9 Å². The minimum absolute atomic E-state index is 0.0965. The molecule has 1 aliphatic rings. The molecule has 1 atom stereocenters. The van der Waals surface area contributed by atoms with Crippen LogP contribution in [0.1, 0.15) is 123 Å². The molecule has 6 nitrogen and oxygen atoms in total. The summed E-state index contributed by atoms with van der Waals surface area (Å²) in [5, 5.41) is 9.42. The summed E-state index contributed by atoms with van der Waals surface area (Å²) >= 11 is 0. The van der Waals surface area contributed by atoms with Crippen molar-refractivity contribution in [1.82, 2.24) is 9.80 Å². The summed E-state index contributed by atoms with van der Waals surface area (Å²) in [6, 6.07) is 0.627. The van der Waals surface area contributed by atoms with E-state index in [9.17, 15) is 9.90 Å². The van der Waals surface area contributed by atoms with Crippen LogP contribution in [0.15, 0.2) is 0 Å². The number of carbonyl (C=O) groups is 1. The average Bonchev–Trinajstić information content (AvgIpc) is 2.82. The largest absolute Gasteiger partial charge is 0.459 e. The maximum Gasteiger partial charge on any atom is 0.306 e. The van der Waals surface area contributed by atoms with Crippen LogP contribution in [-0.2, 0) is 14.3 Å². The maximum atomic E-state index is 12.4. The third-order valence-electron chi connectivity index (χ3n) is 7.49. The van der Waals surface area contributed by atoms with E-state index in [4.69, 9.17) is 9.47 Å². The molecule has 1 aliphatic carbocycles. The average molecular weight is 513 g/mol. The molecule has 0 amide bonds. The fraction of sp³-hybridized carbons (Fsp3) is 0.967. The Kier molecular flexibility index (Phi) is 21.7. The second-order valence-electron chi connectivity index (χ2n) is 10.9. The second kappa shape index (κ2) is 23.4. The van der Waals surface area contributed by atoms with Crippen LogP contribution in [0.4, 0.5) is 0 Å². The van der Waals surface area contributed by atoms with Gasteiger partial charge in [-0.2, -0.15) is 0 Å². The summed E-state index contributed by atoms with van der Waals surface area (Å²) in [6.45, 7) is 9.13. The highest BCUT2D eigenvalue weighted by Gasteiger charge is 2.25. The Morgan fingerprint density at radius 3 is 2.06 bits per heavy atom. The lowest BCUT2D eigenvalue weighted by atomic mass is 9.91. The summed E-state index contributed by atoms with van der Waals surface area (Å²) in [6.07, 6.45) is 20.3. The van der Waals surface area contributed by atoms with Crippen molar-refractivity contribution in [3.05, 3.63) is 0 Å². The lowest BCUT2D eigenvalue weighted by Gasteiger charge is -2.38. The molecule has 0 radical (unpaired) electrons. The molecule has 0 aromatic carbocycles. The lowest BCUT2D eigenvalue weighted by molar-refractivity contribution is -0.153. The molecule has 6 heteroatoms. The van der Waals surface area contributed by atoms with E-state index in [-0.39, 0.29) is 18.7 Å². The third-order valence-corrected chi connectivity index (χ3v) is 7.49. The van der Waals surface area contributed by atoms with E-state index >= 15 is 0 Å². The zero-order valence-electron chi connectivity index (χ0n) is 24.2. The number of carbonyl (C=O) groups excluding carboxylic acids is 1. The van der Waals surface area contributed by atoms with Gasteiger partial charge >= 0.3 is 5.97 Å². The van der Waals surface area contributed by atoms with Crippen LogP contribution in [0.25, 0.3) is 0 Å². The van der Waals surface area contributed by atoms with E-state index in [0.29, 0.717) is 25.6 Å². The van der Waals surface area contributed by atoms with Crippen molar-refractivity contribution >= 4 is 5.97 Å². The number of esters is 1. The van der Waals surface area contributed by atoms with Crippen LogP contribution in [0.5, 0.6) is 0 Å². The third kappa shape index (κ3) is 17.7. The zero-order chi connectivity index (χ0) is 26.3. The van der Waals surface area contributed by atoms with E-state index < -0.39 is 0 Å². The summed E-state index contributed by atoms with van der Waals surface area (Å²) < 4.78 is 11.8. The van der Waals surface area contributed by atoms with Gasteiger partial charge in [0.15, 0.2) is 0 Å². The summed E-state index contributed by atoms with van der Waals surface area (Å²) in [5.74, 6) is -0.0965. The molecule has 0 aliphatic heterocycles. The molecule has 1 unspecified atom stereocenters. The molecule has 0 aromatic heterocycles. The normalized spacial score (nSPS) is 14.9. The first-order chi connectivity index (χ1) is 17.6. The molecular weight excluding hydrogens is 452 g/mol. The van der Waals surface area contributed by atoms with Gasteiger partial charge in [0, 0.05) is 45.2 Å². The van der Waals surface area contributed by atoms with Crippen LogP contribution in [-0.4, -0.2) is 86.1 Å². The summed E-state index contributed by atoms with van der Waals surface area (Å²) in [7, 11) is 2.10. The number of likely N-dealkylation sites (N-methyl/N-ethyl adjacent to an activating group) is 1. The predicted molar refractivity (Wildman–Crippen MR) is 150 cm³/mol. The SMILES string of the molecule is CCCCCCCCCCCCOCC(CN(C)CCN(CCO)C1CCC1)OC(=O)CCCCC. The van der Waals surface area contributed by atoms with Gasteiger partial charge < -0.3 is 19.5 Å². The van der Waals surface area contributed by atoms with E-state index in [2.05, 4.69) is 30.7 Å². The Balaban J connectivity index is 2.28. The monoisotopic (exact) mass is 512 g/mol. The second-order valence-corrected chi connectivity index (χ2v) is 10.9. The fourth-order valence-corrected chi connectivity index (χ4v) is 4.89. The van der Waals surface area contributed by atoms with Gasteiger partial charge in [0.1, 0.15) is 6.10 Å². The molecule has 1 N–H and O–H groups in total. The fourth-order valence-electron chi connectivity index (χ4n) is 4.89. The van der Waals surface area contributed by atoms with Crippen molar-refractivity contribution in [3.8, 4) is 0 Å². The van der Waals surface area contributed by atoms with Gasteiger partial charge in [-0.25, -0.2) is 0 Å². The highest BCUT2D eigenvalue weighted by Crippen LogP contribution is 2.24. The molecule has 36 heavy (non-hydrogen) atoms. The first-order valence-corrected chi connectivity index (χ1v) is 15.4. The van der Waals surface area contributed by atoms with Gasteiger partial charge in [0.25, 0.3) is 0 Å². The number of hydrogen-bond donors (Lipinski definition) is 1. The summed E-state index contributed by atoms with van der Waals surface area (Å²) in [4.78, 5) is 17.0. The predicted octanol–water partition coefficient (Wildman–Crippen LogP) is 6.19. The highest BCUT2D eigenvalue weighted by atomic mass is 16.6. The van der Waals surface area contributed by atoms with Gasteiger partial charge in [-0.3, -0.25) is 9.69 Å². The molecule has 1 fully saturated rings. The Hall–Kier alpha value is -0.690. The van der Waals surface area contributed by atoms with Crippen molar-refractivity contribution in [2.24, 2.45) is 0 Å². The molecular formula is C30H60N2O4. The van der Waals surface area contributed by atoms with Crippen LogP contribution in [0.2, 0.25) is 0 Å². The molecule has 0 saturated heterocycles. The van der Waals surface area contributed by atoms with Crippen molar-refractivity contribution in [2.75, 3.05) is 53.0 Å². The van der Waals surface area contributed by atoms with Crippen LogP contribution in [0.3, 0.4) is 0 Å². The standard InChI is InChI=1S/C30H60N2O4/c1-4-6-8-9-10-11-12-13-14-16-25-35-27-29(36-30(34)20-15-7-5-2)26-31(3)21-22-32(23-24-33)28-18-17-19-28/h28-29,33H,4-27H2,1-3H3. The molecule has 1 rings (SSSR count). The molecule has 0 bridgehead atoms. The molecule has 0 heterocycles. The van der Waals surface area contributed by atoms with Gasteiger partial charge in [-0.15, -0.1) is 0 Å². The highest BCUT2D eigenvalue weighted by molar-refractivity contribution is 5.69. The smallest absolute Gasteiger partial charge is 0.306 e. The Morgan fingerprint density at radius 1 is 0.861 bits per heavy atom. The summed E-state index contributed by atoms with van der Waals surface area (Å²) in [5.41, 5.74) is 0. The minimum atomic E-state index is -0.220. The number of rotatable bonds is 26.